The molecule has 0 radical (unpaired) electrons. The molecule has 5 rings (SSSR count). The van der Waals surface area contributed by atoms with Crippen molar-refractivity contribution >= 4 is 17.3 Å². The van der Waals surface area contributed by atoms with Crippen LogP contribution in [0.4, 0.5) is 5.82 Å². The molecule has 2 aliphatic heterocycles. The van der Waals surface area contributed by atoms with Crippen molar-refractivity contribution in [3.63, 3.8) is 0 Å². The lowest BCUT2D eigenvalue weighted by Gasteiger charge is -2.31. The number of carbonyl (C=O) groups is 1. The highest BCUT2D eigenvalue weighted by atomic mass is 16.5. The molecule has 4 heterocycles. The fraction of sp³-hybridized carbons (Fsp3) is 0.409. The smallest absolute Gasteiger partial charge is 0.177 e. The van der Waals surface area contributed by atoms with Crippen molar-refractivity contribution in [1.29, 1.82) is 0 Å². The van der Waals surface area contributed by atoms with E-state index in [1.54, 1.807) is 6.20 Å². The zero-order valence-corrected chi connectivity index (χ0v) is 16.3. The summed E-state index contributed by atoms with van der Waals surface area (Å²) in [6.45, 7) is 4.66. The SMILES string of the molecule is C#CC1=C(N2CC[C@@H](n3cccn3)C2)c2cc(N3CCOCC3)ncc2CC1=O. The average Bonchev–Trinajstić information content (AvgIpc) is 3.45. The Morgan fingerprint density at radius 3 is 2.83 bits per heavy atom. The van der Waals surface area contributed by atoms with E-state index in [9.17, 15) is 4.79 Å². The molecule has 7 heteroatoms. The van der Waals surface area contributed by atoms with Crippen molar-refractivity contribution in [2.75, 3.05) is 44.3 Å². The van der Waals surface area contributed by atoms with Gasteiger partial charge in [-0.1, -0.05) is 5.92 Å². The van der Waals surface area contributed by atoms with Crippen LogP contribution < -0.4 is 4.90 Å². The first kappa shape index (κ1) is 18.0. The van der Waals surface area contributed by atoms with Gasteiger partial charge in [-0.25, -0.2) is 4.98 Å². The van der Waals surface area contributed by atoms with Gasteiger partial charge in [0.1, 0.15) is 5.82 Å². The molecule has 3 aliphatic rings. The number of fused-ring (bicyclic) bond motifs is 1. The van der Waals surface area contributed by atoms with Crippen LogP contribution >= 0.6 is 0 Å². The molecule has 0 aromatic carbocycles. The second-order valence-electron chi connectivity index (χ2n) is 7.64. The van der Waals surface area contributed by atoms with E-state index in [1.165, 1.54) is 0 Å². The van der Waals surface area contributed by atoms with Crippen LogP contribution in [-0.2, 0) is 16.0 Å². The van der Waals surface area contributed by atoms with Crippen molar-refractivity contribution in [2.45, 2.75) is 18.9 Å². The lowest BCUT2D eigenvalue weighted by atomic mass is 9.89. The number of hydrogen-bond acceptors (Lipinski definition) is 6. The summed E-state index contributed by atoms with van der Waals surface area (Å²) in [5.74, 6) is 3.60. The van der Waals surface area contributed by atoms with Crippen LogP contribution in [0.15, 0.2) is 36.3 Å². The Labute approximate surface area is 170 Å². The summed E-state index contributed by atoms with van der Waals surface area (Å²) >= 11 is 0. The first-order valence-electron chi connectivity index (χ1n) is 10.0. The molecule has 1 atom stereocenters. The predicted octanol–water partition coefficient (Wildman–Crippen LogP) is 1.53. The van der Waals surface area contributed by atoms with Crippen molar-refractivity contribution in [1.82, 2.24) is 19.7 Å². The number of ether oxygens (including phenoxy) is 1. The maximum Gasteiger partial charge on any atom is 0.177 e. The molecule has 0 N–H and O–H groups in total. The molecule has 2 aromatic heterocycles. The Balaban J connectivity index is 1.53. The van der Waals surface area contributed by atoms with Gasteiger partial charge in [-0.3, -0.25) is 9.48 Å². The Morgan fingerprint density at radius 2 is 2.07 bits per heavy atom. The number of allylic oxidation sites excluding steroid dienone is 1. The van der Waals surface area contributed by atoms with Gasteiger partial charge in [-0.2, -0.15) is 5.10 Å². The Morgan fingerprint density at radius 1 is 1.21 bits per heavy atom. The number of nitrogens with zero attached hydrogens (tertiary/aromatic N) is 5. The third-order valence-electron chi connectivity index (χ3n) is 5.95. The number of morpholine rings is 1. The number of anilines is 1. The summed E-state index contributed by atoms with van der Waals surface area (Å²) in [5.41, 5.74) is 3.35. The van der Waals surface area contributed by atoms with E-state index >= 15 is 0 Å². The van der Waals surface area contributed by atoms with Gasteiger partial charge in [0.05, 0.1) is 30.5 Å². The van der Waals surface area contributed by atoms with E-state index in [-0.39, 0.29) is 11.8 Å². The first-order chi connectivity index (χ1) is 14.2. The quantitative estimate of drug-likeness (QED) is 0.742. The first-order valence-corrected chi connectivity index (χ1v) is 10.0. The maximum atomic E-state index is 12.8. The number of terminal acetylenes is 1. The molecule has 0 saturated carbocycles. The Kier molecular flexibility index (Phi) is 4.57. The van der Waals surface area contributed by atoms with Gasteiger partial charge in [0.25, 0.3) is 0 Å². The van der Waals surface area contributed by atoms with Crippen molar-refractivity contribution in [3.05, 3.63) is 47.4 Å². The van der Waals surface area contributed by atoms with Gasteiger partial charge >= 0.3 is 0 Å². The molecular formula is C22H23N5O2. The second-order valence-corrected chi connectivity index (χ2v) is 7.64. The summed E-state index contributed by atoms with van der Waals surface area (Å²) in [7, 11) is 0. The zero-order valence-electron chi connectivity index (χ0n) is 16.3. The lowest BCUT2D eigenvalue weighted by molar-refractivity contribution is -0.114. The highest BCUT2D eigenvalue weighted by Gasteiger charge is 2.33. The molecule has 2 fully saturated rings. The minimum atomic E-state index is -0.00142. The van der Waals surface area contributed by atoms with Gasteiger partial charge in [-0.15, -0.1) is 6.42 Å². The van der Waals surface area contributed by atoms with Crippen molar-refractivity contribution in [2.24, 2.45) is 0 Å². The molecular weight excluding hydrogens is 366 g/mol. The highest BCUT2D eigenvalue weighted by Crippen LogP contribution is 2.37. The molecule has 148 valence electrons. The van der Waals surface area contributed by atoms with E-state index in [2.05, 4.69) is 31.9 Å². The molecule has 0 amide bonds. The number of carbonyl (C=O) groups excluding carboxylic acids is 1. The number of aromatic nitrogens is 3. The standard InChI is InChI=1S/C22H23N5O2/c1-2-18-20(28)12-16-14-23-21(25-8-10-29-11-9-25)13-19(16)22(18)26-7-4-17(15-26)27-6-3-5-24-27/h1,3,5-6,13-14,17H,4,7-12,15H2/t17-/m1/s1. The van der Waals surface area contributed by atoms with Crippen LogP contribution in [0, 0.1) is 12.3 Å². The van der Waals surface area contributed by atoms with E-state index < -0.39 is 0 Å². The van der Waals surface area contributed by atoms with Gasteiger partial charge in [0, 0.05) is 56.8 Å². The van der Waals surface area contributed by atoms with E-state index in [1.807, 2.05) is 23.1 Å². The van der Waals surface area contributed by atoms with Crippen LogP contribution in [0.25, 0.3) is 5.70 Å². The topological polar surface area (TPSA) is 63.5 Å². The largest absolute Gasteiger partial charge is 0.378 e. The fourth-order valence-electron chi connectivity index (χ4n) is 4.46. The minimum absolute atomic E-state index is 0.00142. The van der Waals surface area contributed by atoms with Crippen LogP contribution in [0.1, 0.15) is 23.6 Å². The summed E-state index contributed by atoms with van der Waals surface area (Å²) in [6.07, 6.45) is 12.7. The molecule has 7 nitrogen and oxygen atoms in total. The minimum Gasteiger partial charge on any atom is -0.378 e. The van der Waals surface area contributed by atoms with Crippen LogP contribution in [0.3, 0.4) is 0 Å². The van der Waals surface area contributed by atoms with E-state index in [0.717, 1.165) is 55.2 Å². The third kappa shape index (κ3) is 3.19. The van der Waals surface area contributed by atoms with Crippen molar-refractivity contribution < 1.29 is 9.53 Å². The Hall–Kier alpha value is -3.11. The highest BCUT2D eigenvalue weighted by molar-refractivity contribution is 6.10. The molecule has 2 saturated heterocycles. The molecule has 29 heavy (non-hydrogen) atoms. The van der Waals surface area contributed by atoms with Gasteiger partial charge in [0.15, 0.2) is 5.78 Å². The fourth-order valence-corrected chi connectivity index (χ4v) is 4.46. The van der Waals surface area contributed by atoms with Gasteiger partial charge in [-0.05, 0) is 24.1 Å². The number of ketones is 1. The van der Waals surface area contributed by atoms with Crippen LogP contribution in [0.2, 0.25) is 0 Å². The van der Waals surface area contributed by atoms with Crippen molar-refractivity contribution in [3.8, 4) is 12.3 Å². The van der Waals surface area contributed by atoms with E-state index in [0.29, 0.717) is 25.2 Å². The molecule has 1 aliphatic carbocycles. The molecule has 0 bridgehead atoms. The third-order valence-corrected chi connectivity index (χ3v) is 5.95. The molecule has 0 spiro atoms. The number of likely N-dealkylation sites (tertiary alicyclic amines) is 1. The molecule has 0 unspecified atom stereocenters. The summed E-state index contributed by atoms with van der Waals surface area (Å²) < 4.78 is 7.46. The number of rotatable bonds is 3. The second kappa shape index (κ2) is 7.37. The summed E-state index contributed by atoms with van der Waals surface area (Å²) in [4.78, 5) is 21.9. The van der Waals surface area contributed by atoms with Crippen LogP contribution in [-0.4, -0.2) is 64.8 Å². The van der Waals surface area contributed by atoms with Gasteiger partial charge in [0.2, 0.25) is 0 Å². The van der Waals surface area contributed by atoms with Crippen LogP contribution in [0.5, 0.6) is 0 Å². The Bertz CT molecular complexity index is 999. The average molecular weight is 389 g/mol. The molecule has 2 aromatic rings. The number of hydrogen-bond donors (Lipinski definition) is 0. The monoisotopic (exact) mass is 389 g/mol. The summed E-state index contributed by atoms with van der Waals surface area (Å²) in [5, 5.41) is 4.39. The number of pyridine rings is 1. The maximum absolute atomic E-state index is 12.8. The predicted molar refractivity (Wildman–Crippen MR) is 109 cm³/mol. The van der Waals surface area contributed by atoms with E-state index in [4.69, 9.17) is 11.2 Å². The summed E-state index contributed by atoms with van der Waals surface area (Å²) in [6, 6.07) is 4.31. The normalized spacial score (nSPS) is 22.0. The lowest BCUT2D eigenvalue weighted by Crippen LogP contribution is -2.37. The number of Topliss-reactive ketones (excluding diaryl/α,β-unsaturated/α-hetero) is 1. The van der Waals surface area contributed by atoms with Gasteiger partial charge < -0.3 is 14.5 Å². The zero-order chi connectivity index (χ0) is 19.8.